The van der Waals surface area contributed by atoms with Gasteiger partial charge in [0.05, 0.1) is 5.69 Å². The van der Waals surface area contributed by atoms with Crippen molar-refractivity contribution in [2.75, 3.05) is 32.1 Å². The predicted molar refractivity (Wildman–Crippen MR) is 82.1 cm³/mol. The van der Waals surface area contributed by atoms with Gasteiger partial charge in [-0.1, -0.05) is 11.6 Å². The van der Waals surface area contributed by atoms with Crippen molar-refractivity contribution in [3.63, 3.8) is 0 Å². The number of piperidine rings is 1. The molecule has 3 rings (SSSR count). The van der Waals surface area contributed by atoms with E-state index in [4.69, 9.17) is 9.39 Å². The van der Waals surface area contributed by atoms with Gasteiger partial charge in [0.25, 0.3) is 5.91 Å². The lowest BCUT2D eigenvalue weighted by molar-refractivity contribution is -0.118. The van der Waals surface area contributed by atoms with Crippen LogP contribution in [0.25, 0.3) is 6.08 Å². The molecule has 1 fully saturated rings. The molecule has 0 saturated carbocycles. The Labute approximate surface area is 129 Å². The fourth-order valence-electron chi connectivity index (χ4n) is 2.78. The van der Waals surface area contributed by atoms with Gasteiger partial charge >= 0.3 is 7.62 Å². The van der Waals surface area contributed by atoms with Crippen molar-refractivity contribution < 1.29 is 18.6 Å². The first-order valence-electron chi connectivity index (χ1n) is 7.21. The normalized spacial score (nSPS) is 20.3. The van der Waals surface area contributed by atoms with E-state index in [0.29, 0.717) is 5.69 Å². The van der Waals surface area contributed by atoms with Crippen LogP contribution < -0.4 is 10.1 Å². The zero-order valence-electron chi connectivity index (χ0n) is 12.4. The van der Waals surface area contributed by atoms with Gasteiger partial charge in [-0.05, 0) is 37.1 Å². The fourth-order valence-corrected chi connectivity index (χ4v) is 2.78. The maximum Gasteiger partial charge on any atom is 0.398 e. The SMILES string of the molecule is CO[B]N1CCCC(=Cc2cc(F)c3c(c2)NC(=O)CO3)C1. The lowest BCUT2D eigenvalue weighted by Gasteiger charge is -2.27. The van der Waals surface area contributed by atoms with Crippen LogP contribution in [0.5, 0.6) is 5.75 Å². The van der Waals surface area contributed by atoms with E-state index < -0.39 is 5.82 Å². The van der Waals surface area contributed by atoms with Crippen LogP contribution in [0, 0.1) is 5.82 Å². The lowest BCUT2D eigenvalue weighted by atomic mass is 9.97. The van der Waals surface area contributed by atoms with Crippen molar-refractivity contribution in [3.05, 3.63) is 29.1 Å². The van der Waals surface area contributed by atoms with Crippen molar-refractivity contribution >= 4 is 25.3 Å². The molecule has 0 atom stereocenters. The minimum absolute atomic E-state index is 0.111. The van der Waals surface area contributed by atoms with E-state index in [9.17, 15) is 9.18 Å². The molecule has 1 radical (unpaired) electrons. The topological polar surface area (TPSA) is 50.8 Å². The maximum absolute atomic E-state index is 14.1. The van der Waals surface area contributed by atoms with E-state index in [-0.39, 0.29) is 18.3 Å². The number of anilines is 1. The molecule has 0 unspecified atom stereocenters. The summed E-state index contributed by atoms with van der Waals surface area (Å²) in [4.78, 5) is 13.4. The second kappa shape index (κ2) is 6.50. The van der Waals surface area contributed by atoms with Crippen molar-refractivity contribution in [2.45, 2.75) is 12.8 Å². The van der Waals surface area contributed by atoms with Gasteiger partial charge in [-0.3, -0.25) is 4.79 Å². The smallest absolute Gasteiger partial charge is 0.398 e. The quantitative estimate of drug-likeness (QED) is 0.865. The van der Waals surface area contributed by atoms with E-state index in [1.165, 1.54) is 11.6 Å². The van der Waals surface area contributed by atoms with E-state index in [0.717, 1.165) is 31.5 Å². The number of hydrogen-bond donors (Lipinski definition) is 1. The van der Waals surface area contributed by atoms with Crippen LogP contribution in [0.2, 0.25) is 0 Å². The first kappa shape index (κ1) is 15.1. The maximum atomic E-state index is 14.1. The summed E-state index contributed by atoms with van der Waals surface area (Å²) in [6.45, 7) is 1.56. The molecule has 0 aromatic heterocycles. The highest BCUT2D eigenvalue weighted by atomic mass is 19.1. The molecular weight excluding hydrogens is 286 g/mol. The highest BCUT2D eigenvalue weighted by Gasteiger charge is 2.21. The van der Waals surface area contributed by atoms with Gasteiger partial charge in [-0.15, -0.1) is 0 Å². The van der Waals surface area contributed by atoms with Crippen molar-refractivity contribution in [1.29, 1.82) is 0 Å². The molecule has 1 N–H and O–H groups in total. The highest BCUT2D eigenvalue weighted by molar-refractivity contribution is 6.23. The largest absolute Gasteiger partial charge is 0.478 e. The Bertz CT molecular complexity index is 619. The fraction of sp³-hybridized carbons (Fsp3) is 0.400. The van der Waals surface area contributed by atoms with Crippen LogP contribution in [0.3, 0.4) is 0 Å². The lowest BCUT2D eigenvalue weighted by Crippen LogP contribution is -2.35. The third kappa shape index (κ3) is 3.31. The molecular formula is C15H17BFN2O3. The summed E-state index contributed by atoms with van der Waals surface area (Å²) in [6.07, 6.45) is 3.95. The number of ether oxygens (including phenoxy) is 1. The second-order valence-electron chi connectivity index (χ2n) is 5.43. The Morgan fingerprint density at radius 2 is 2.36 bits per heavy atom. The first-order valence-corrected chi connectivity index (χ1v) is 7.21. The van der Waals surface area contributed by atoms with E-state index >= 15 is 0 Å². The Balaban J connectivity index is 1.83. The predicted octanol–water partition coefficient (Wildman–Crippen LogP) is 1.82. The molecule has 1 aromatic rings. The van der Waals surface area contributed by atoms with Gasteiger partial charge in [0.1, 0.15) is 0 Å². The molecule has 0 aliphatic carbocycles. The number of fused-ring (bicyclic) bond motifs is 1. The molecule has 0 bridgehead atoms. The number of carbonyl (C=O) groups is 1. The molecule has 1 saturated heterocycles. The van der Waals surface area contributed by atoms with E-state index in [2.05, 4.69) is 10.1 Å². The second-order valence-corrected chi connectivity index (χ2v) is 5.43. The average Bonchev–Trinajstić information content (AvgIpc) is 2.47. The summed E-state index contributed by atoms with van der Waals surface area (Å²) in [5.74, 6) is -0.615. The van der Waals surface area contributed by atoms with Crippen LogP contribution in [-0.4, -0.2) is 45.1 Å². The Hall–Kier alpha value is -1.86. The van der Waals surface area contributed by atoms with Crippen LogP contribution >= 0.6 is 0 Å². The van der Waals surface area contributed by atoms with Crippen molar-refractivity contribution in [2.24, 2.45) is 0 Å². The van der Waals surface area contributed by atoms with Crippen LogP contribution in [-0.2, 0) is 9.45 Å². The highest BCUT2D eigenvalue weighted by Crippen LogP contribution is 2.33. The van der Waals surface area contributed by atoms with Gasteiger partial charge in [0, 0.05) is 13.7 Å². The van der Waals surface area contributed by atoms with Crippen molar-refractivity contribution in [3.8, 4) is 5.75 Å². The number of nitrogens with one attached hydrogen (secondary N) is 1. The zero-order chi connectivity index (χ0) is 15.5. The molecule has 115 valence electrons. The molecule has 1 amide bonds. The number of hydrogen-bond acceptors (Lipinski definition) is 4. The summed E-state index contributed by atoms with van der Waals surface area (Å²) >= 11 is 0. The van der Waals surface area contributed by atoms with Crippen LogP contribution in [0.15, 0.2) is 17.7 Å². The third-order valence-electron chi connectivity index (χ3n) is 3.66. The summed E-state index contributed by atoms with van der Waals surface area (Å²) in [5, 5.41) is 2.64. The Morgan fingerprint density at radius 3 is 3.18 bits per heavy atom. The summed E-state index contributed by atoms with van der Waals surface area (Å²) < 4.78 is 24.2. The van der Waals surface area contributed by atoms with Gasteiger partial charge in [0.2, 0.25) is 0 Å². The molecule has 22 heavy (non-hydrogen) atoms. The summed E-state index contributed by atoms with van der Waals surface area (Å²) in [7, 11) is 3.33. The van der Waals surface area contributed by atoms with E-state index in [1.54, 1.807) is 20.8 Å². The minimum atomic E-state index is -0.458. The minimum Gasteiger partial charge on any atom is -0.478 e. The molecule has 2 aliphatic rings. The van der Waals surface area contributed by atoms with Gasteiger partial charge in [-0.2, -0.15) is 0 Å². The third-order valence-corrected chi connectivity index (χ3v) is 3.66. The summed E-state index contributed by atoms with van der Waals surface area (Å²) in [6, 6.07) is 3.17. The molecule has 2 heterocycles. The van der Waals surface area contributed by atoms with E-state index in [1.807, 2.05) is 6.08 Å². The Morgan fingerprint density at radius 1 is 1.50 bits per heavy atom. The molecule has 1 aromatic carbocycles. The standard InChI is InChI=1S/C15H17BFN2O3/c1-21-16-19-4-2-3-10(8-19)5-11-6-12(17)15-13(7-11)18-14(20)9-22-15/h5-7H,2-4,8-9H2,1H3,(H,18,20). The van der Waals surface area contributed by atoms with Gasteiger partial charge < -0.3 is 19.5 Å². The monoisotopic (exact) mass is 303 g/mol. The number of rotatable bonds is 3. The van der Waals surface area contributed by atoms with Gasteiger partial charge in [0.15, 0.2) is 18.2 Å². The molecule has 0 spiro atoms. The number of amides is 1. The zero-order valence-corrected chi connectivity index (χ0v) is 12.4. The molecule has 2 aliphatic heterocycles. The van der Waals surface area contributed by atoms with Crippen LogP contribution in [0.1, 0.15) is 18.4 Å². The number of nitrogens with zero attached hydrogens (tertiary/aromatic N) is 1. The average molecular weight is 303 g/mol. The Kier molecular flexibility index (Phi) is 4.45. The summed E-state index contributed by atoms with van der Waals surface area (Å²) in [5.41, 5.74) is 2.30. The van der Waals surface area contributed by atoms with Gasteiger partial charge in [-0.25, -0.2) is 4.39 Å². The number of halogens is 1. The van der Waals surface area contributed by atoms with Crippen LogP contribution in [0.4, 0.5) is 10.1 Å². The van der Waals surface area contributed by atoms with Crippen molar-refractivity contribution in [1.82, 2.24) is 4.81 Å². The molecule has 7 heteroatoms. The molecule has 5 nitrogen and oxygen atoms in total. The number of benzene rings is 1. The first-order chi connectivity index (χ1) is 10.7. The number of carbonyl (C=O) groups excluding carboxylic acids is 1.